The summed E-state index contributed by atoms with van der Waals surface area (Å²) in [6.45, 7) is 0. The van der Waals surface area contributed by atoms with Gasteiger partial charge in [-0.1, -0.05) is 6.07 Å². The van der Waals surface area contributed by atoms with Crippen molar-refractivity contribution in [3.63, 3.8) is 0 Å². The summed E-state index contributed by atoms with van der Waals surface area (Å²) in [5.74, 6) is -0.990. The van der Waals surface area contributed by atoms with Crippen LogP contribution in [0.3, 0.4) is 0 Å². The third-order valence-corrected chi connectivity index (χ3v) is 0.884. The molecule has 0 saturated heterocycles. The number of nitrogens with zero attached hydrogens (tertiary/aromatic N) is 1. The smallest absolute Gasteiger partial charge is 0.354 e. The summed E-state index contributed by atoms with van der Waals surface area (Å²) in [5, 5.41) is 8.32. The van der Waals surface area contributed by atoms with E-state index in [1.165, 1.54) is 12.3 Å². The number of aromatic carboxylic acids is 1. The monoisotopic (exact) mass is 282 g/mol. The van der Waals surface area contributed by atoms with Gasteiger partial charge in [0.25, 0.3) is 0 Å². The Bertz CT molecular complexity index is 212. The van der Waals surface area contributed by atoms with Gasteiger partial charge in [0.05, 0.1) is 0 Å². The second kappa shape index (κ2) is 4.68. The van der Waals surface area contributed by atoms with Crippen LogP contribution in [0.2, 0.25) is 0 Å². The number of carbonyl (C=O) groups is 1. The number of pyridine rings is 1. The van der Waals surface area contributed by atoms with Crippen LogP contribution in [0, 0.1) is 38.6 Å². The molecule has 0 amide bonds. The second-order valence-electron chi connectivity index (χ2n) is 1.52. The predicted molar refractivity (Wildman–Crippen MR) is 31.2 cm³/mol. The molecule has 3 nitrogen and oxygen atoms in total. The summed E-state index contributed by atoms with van der Waals surface area (Å²) < 4.78 is 0. The zero-order valence-corrected chi connectivity index (χ0v) is 7.08. The number of carboxylic acid groups (broad SMARTS) is 1. The van der Waals surface area contributed by atoms with E-state index >= 15 is 0 Å². The molecule has 1 rings (SSSR count). The number of carboxylic acids is 1. The number of hydrogen-bond acceptors (Lipinski definition) is 2. The van der Waals surface area contributed by atoms with Crippen molar-refractivity contribution in [3.8, 4) is 0 Å². The van der Waals surface area contributed by atoms with Crippen LogP contribution >= 0.6 is 0 Å². The first kappa shape index (κ1) is 9.91. The van der Waals surface area contributed by atoms with Crippen LogP contribution in [0.5, 0.6) is 0 Å². The Balaban J connectivity index is 0.000000810. The average Bonchev–Trinajstić information content (AvgIpc) is 1.90. The molecule has 0 bridgehead atoms. The van der Waals surface area contributed by atoms with Gasteiger partial charge in [0, 0.05) is 44.8 Å². The Kier molecular flexibility index (Phi) is 4.64. The number of hydrogen-bond donors (Lipinski definition) is 1. The van der Waals surface area contributed by atoms with Gasteiger partial charge in [-0.2, -0.15) is 0 Å². The normalized spacial score (nSPS) is 8.00. The van der Waals surface area contributed by atoms with Gasteiger partial charge in [0.15, 0.2) is 0 Å². The van der Waals surface area contributed by atoms with E-state index in [1.807, 2.05) is 0 Å². The molecule has 0 fully saturated rings. The van der Waals surface area contributed by atoms with Crippen molar-refractivity contribution >= 4 is 5.97 Å². The minimum absolute atomic E-state index is 0. The Morgan fingerprint density at radius 1 is 1.50 bits per heavy atom. The van der Waals surface area contributed by atoms with E-state index in [1.54, 1.807) is 12.1 Å². The van der Waals surface area contributed by atoms with Crippen molar-refractivity contribution in [2.45, 2.75) is 0 Å². The first-order valence-corrected chi connectivity index (χ1v) is 2.45. The Labute approximate surface area is 88.9 Å². The molecule has 0 spiro atoms. The molecule has 1 aromatic rings. The minimum atomic E-state index is -0.990. The Morgan fingerprint density at radius 3 is 2.50 bits per heavy atom. The Morgan fingerprint density at radius 2 is 2.20 bits per heavy atom. The molecule has 0 aliphatic heterocycles. The van der Waals surface area contributed by atoms with Crippen LogP contribution < -0.4 is 0 Å². The molecule has 0 aromatic carbocycles. The third-order valence-electron chi connectivity index (χ3n) is 0.884. The molecule has 0 aliphatic carbocycles. The zero-order chi connectivity index (χ0) is 6.69. The fourth-order valence-electron chi connectivity index (χ4n) is 0.489. The van der Waals surface area contributed by atoms with E-state index in [-0.39, 0.29) is 44.3 Å². The maximum atomic E-state index is 10.1. The second-order valence-corrected chi connectivity index (χ2v) is 1.52. The van der Waals surface area contributed by atoms with Crippen LogP contribution in [-0.2, 0) is 0 Å². The van der Waals surface area contributed by atoms with Crippen molar-refractivity contribution < 1.29 is 48.5 Å². The summed E-state index contributed by atoms with van der Waals surface area (Å²) in [6.07, 6.45) is 1.45. The van der Waals surface area contributed by atoms with E-state index in [0.29, 0.717) is 0 Å². The van der Waals surface area contributed by atoms with E-state index in [4.69, 9.17) is 5.11 Å². The Hall–Kier alpha value is -0.0943. The molecular formula is C6H5NO2Tb. The van der Waals surface area contributed by atoms with Crippen molar-refractivity contribution in [1.82, 2.24) is 4.98 Å². The predicted octanol–water partition coefficient (Wildman–Crippen LogP) is 0.780. The van der Waals surface area contributed by atoms with Crippen molar-refractivity contribution in [1.29, 1.82) is 0 Å². The van der Waals surface area contributed by atoms with Crippen LogP contribution in [0.15, 0.2) is 24.4 Å². The summed E-state index contributed by atoms with van der Waals surface area (Å²) >= 11 is 0. The molecule has 1 aromatic heterocycles. The molecule has 1 heterocycles. The van der Waals surface area contributed by atoms with Gasteiger partial charge in [0.2, 0.25) is 0 Å². The fraction of sp³-hybridized carbons (Fsp3) is 0. The van der Waals surface area contributed by atoms with Gasteiger partial charge in [-0.05, 0) is 12.1 Å². The molecule has 0 saturated carbocycles. The van der Waals surface area contributed by atoms with Crippen LogP contribution in [0.25, 0.3) is 0 Å². The molecule has 55 valence electrons. The van der Waals surface area contributed by atoms with Crippen molar-refractivity contribution in [2.75, 3.05) is 0 Å². The van der Waals surface area contributed by atoms with Crippen LogP contribution in [0.4, 0.5) is 0 Å². The summed E-state index contributed by atoms with van der Waals surface area (Å²) in [4.78, 5) is 13.7. The molecule has 1 N–H and O–H groups in total. The van der Waals surface area contributed by atoms with E-state index < -0.39 is 5.97 Å². The molecule has 4 heteroatoms. The van der Waals surface area contributed by atoms with Crippen molar-refractivity contribution in [3.05, 3.63) is 30.1 Å². The topological polar surface area (TPSA) is 50.2 Å². The largest absolute Gasteiger partial charge is 0.477 e. The maximum absolute atomic E-state index is 10.1. The van der Waals surface area contributed by atoms with Crippen LogP contribution in [0.1, 0.15) is 10.5 Å². The van der Waals surface area contributed by atoms with Crippen molar-refractivity contribution in [2.24, 2.45) is 0 Å². The summed E-state index contributed by atoms with van der Waals surface area (Å²) in [7, 11) is 0. The molecule has 10 heavy (non-hydrogen) atoms. The quantitative estimate of drug-likeness (QED) is 0.828. The minimum Gasteiger partial charge on any atom is -0.477 e. The first-order chi connectivity index (χ1) is 4.30. The van der Waals surface area contributed by atoms with E-state index in [9.17, 15) is 4.79 Å². The van der Waals surface area contributed by atoms with E-state index in [2.05, 4.69) is 4.98 Å². The summed E-state index contributed by atoms with van der Waals surface area (Å²) in [6, 6.07) is 4.76. The third kappa shape index (κ3) is 2.66. The zero-order valence-electron chi connectivity index (χ0n) is 4.95. The van der Waals surface area contributed by atoms with E-state index in [0.717, 1.165) is 0 Å². The molecule has 1 radical (unpaired) electrons. The van der Waals surface area contributed by atoms with Gasteiger partial charge in [0.1, 0.15) is 5.69 Å². The number of rotatable bonds is 1. The van der Waals surface area contributed by atoms with Crippen LogP contribution in [-0.4, -0.2) is 16.1 Å². The maximum Gasteiger partial charge on any atom is 0.354 e. The standard InChI is InChI=1S/C6H5NO2.Tb/c8-6(9)5-3-1-2-4-7-5;/h1-4H,(H,8,9);. The molecule has 0 unspecified atom stereocenters. The van der Waals surface area contributed by atoms with Gasteiger partial charge in [-0.15, -0.1) is 0 Å². The van der Waals surface area contributed by atoms with Gasteiger partial charge < -0.3 is 5.11 Å². The van der Waals surface area contributed by atoms with Gasteiger partial charge in [-0.3, -0.25) is 0 Å². The average molecular weight is 282 g/mol. The molecular weight excluding hydrogens is 277 g/mol. The SMILES string of the molecule is O=C(O)c1ccccn1.[Tb]. The van der Waals surface area contributed by atoms with Gasteiger partial charge >= 0.3 is 5.97 Å². The molecule has 0 atom stereocenters. The first-order valence-electron chi connectivity index (χ1n) is 2.45. The van der Waals surface area contributed by atoms with Gasteiger partial charge in [-0.25, -0.2) is 9.78 Å². The molecule has 0 aliphatic rings. The number of aromatic nitrogens is 1. The summed E-state index contributed by atoms with van der Waals surface area (Å²) in [5.41, 5.74) is 0.0810. The fourth-order valence-corrected chi connectivity index (χ4v) is 0.489.